The zero-order valence-electron chi connectivity index (χ0n) is 24.6. The molecule has 215 valence electrons. The number of aromatic nitrogens is 3. The summed E-state index contributed by atoms with van der Waals surface area (Å²) in [4.78, 5) is 13.6. The normalized spacial score (nSPS) is 11.1. The van der Waals surface area contributed by atoms with E-state index in [-0.39, 0.29) is 20.1 Å². The minimum Gasteiger partial charge on any atom is -0.486 e. The van der Waals surface area contributed by atoms with Crippen molar-refractivity contribution in [3.63, 3.8) is 0 Å². The van der Waals surface area contributed by atoms with E-state index >= 15 is 0 Å². The van der Waals surface area contributed by atoms with Crippen LogP contribution in [-0.4, -0.2) is 23.0 Å². The number of hydrogen-bond donors (Lipinski definition) is 0. The van der Waals surface area contributed by atoms with Crippen molar-refractivity contribution in [2.45, 2.75) is 26.6 Å². The number of hydrogen-bond acceptors (Lipinski definition) is 4. The molecule has 43 heavy (non-hydrogen) atoms. The van der Waals surface area contributed by atoms with Gasteiger partial charge in [0.25, 0.3) is 0 Å². The Balaban J connectivity index is 0.000000238. The quantitative estimate of drug-likeness (QED) is 0.133. The number of fused-ring (bicyclic) bond motifs is 3. The average Bonchev–Trinajstić information content (AvgIpc) is 3.40. The first-order valence-electron chi connectivity index (χ1n) is 14.0. The fraction of sp³-hybridized carbons (Fsp3) is 0.108. The monoisotopic (exact) mass is 754 g/mol. The summed E-state index contributed by atoms with van der Waals surface area (Å²) in [5.41, 5.74) is 8.61. The molecular formula is C37H31IrN3OSi-2. The number of pyridine rings is 3. The molecule has 0 saturated carbocycles. The van der Waals surface area contributed by atoms with Crippen LogP contribution in [0.15, 0.2) is 120 Å². The smallest absolute Gasteiger partial charge is 0.216 e. The maximum atomic E-state index is 6.19. The van der Waals surface area contributed by atoms with E-state index in [1.807, 2.05) is 67.6 Å². The van der Waals surface area contributed by atoms with Gasteiger partial charge in [0.2, 0.25) is 5.71 Å². The second-order valence-electron chi connectivity index (χ2n) is 11.2. The van der Waals surface area contributed by atoms with Crippen molar-refractivity contribution < 1.29 is 24.5 Å². The standard InChI is InChI=1S/C26H23N2OSi.C11H8N.Ir/c1-17-13-14-20-19-11-8-12-21(25(19)29-26(20)28-17)23-15-22(18-9-6-5-7-10-18)24(16-27-23)30(2,3)4;1-2-6-10(7-3-1)11-8-4-5-9-12-11;/h5-11,13-16H,1-4H3;1-6,8-9H;/q2*-1;. The van der Waals surface area contributed by atoms with Crippen molar-refractivity contribution in [1.82, 2.24) is 15.0 Å². The Bertz CT molecular complexity index is 1930. The van der Waals surface area contributed by atoms with Crippen LogP contribution < -0.4 is 5.19 Å². The van der Waals surface area contributed by atoms with Crippen molar-refractivity contribution in [3.05, 3.63) is 133 Å². The van der Waals surface area contributed by atoms with Crippen LogP contribution in [0.3, 0.4) is 0 Å². The Morgan fingerprint density at radius 2 is 1.51 bits per heavy atom. The van der Waals surface area contributed by atoms with Gasteiger partial charge in [-0.1, -0.05) is 79.1 Å². The molecule has 4 nitrogen and oxygen atoms in total. The first kappa shape index (κ1) is 30.2. The maximum Gasteiger partial charge on any atom is 0.216 e. The minimum absolute atomic E-state index is 0. The molecule has 0 N–H and O–H groups in total. The molecule has 0 saturated heterocycles. The third kappa shape index (κ3) is 6.57. The molecule has 1 radical (unpaired) electrons. The molecule has 3 aromatic carbocycles. The molecule has 4 aromatic heterocycles. The summed E-state index contributed by atoms with van der Waals surface area (Å²) in [5.74, 6) is 0. The van der Waals surface area contributed by atoms with Crippen LogP contribution in [-0.2, 0) is 20.1 Å². The van der Waals surface area contributed by atoms with Gasteiger partial charge in [0.15, 0.2) is 0 Å². The molecule has 0 aliphatic rings. The molecule has 0 spiro atoms. The molecule has 6 heteroatoms. The predicted molar refractivity (Wildman–Crippen MR) is 175 cm³/mol. The van der Waals surface area contributed by atoms with Gasteiger partial charge in [-0.2, -0.15) is 0 Å². The van der Waals surface area contributed by atoms with E-state index in [2.05, 4.69) is 90.4 Å². The second kappa shape index (κ2) is 13.0. The van der Waals surface area contributed by atoms with E-state index in [4.69, 9.17) is 9.40 Å². The Kier molecular flexibility index (Phi) is 9.12. The Labute approximate surface area is 267 Å². The largest absolute Gasteiger partial charge is 0.486 e. The van der Waals surface area contributed by atoms with Crippen molar-refractivity contribution in [1.29, 1.82) is 0 Å². The van der Waals surface area contributed by atoms with Gasteiger partial charge < -0.3 is 14.4 Å². The van der Waals surface area contributed by atoms with Gasteiger partial charge in [-0.25, -0.2) is 4.98 Å². The molecule has 7 rings (SSSR count). The molecule has 0 bridgehead atoms. The Morgan fingerprint density at radius 3 is 2.23 bits per heavy atom. The van der Waals surface area contributed by atoms with Gasteiger partial charge in [-0.3, -0.25) is 0 Å². The summed E-state index contributed by atoms with van der Waals surface area (Å²) < 4.78 is 6.19. The van der Waals surface area contributed by atoms with E-state index in [0.717, 1.165) is 44.6 Å². The van der Waals surface area contributed by atoms with Crippen LogP contribution in [0, 0.1) is 19.1 Å². The minimum atomic E-state index is -1.58. The van der Waals surface area contributed by atoms with Gasteiger partial charge >= 0.3 is 0 Å². The van der Waals surface area contributed by atoms with Crippen molar-refractivity contribution >= 4 is 35.3 Å². The van der Waals surface area contributed by atoms with Gasteiger partial charge in [0.1, 0.15) is 0 Å². The number of rotatable bonds is 4. The summed E-state index contributed by atoms with van der Waals surface area (Å²) in [6.45, 7) is 9.05. The van der Waals surface area contributed by atoms with Crippen LogP contribution in [0.25, 0.3) is 55.7 Å². The summed E-state index contributed by atoms with van der Waals surface area (Å²) >= 11 is 0. The number of aryl methyl sites for hydroxylation is 1. The van der Waals surface area contributed by atoms with E-state index < -0.39 is 8.07 Å². The van der Waals surface area contributed by atoms with Crippen LogP contribution >= 0.6 is 0 Å². The average molecular weight is 754 g/mol. The zero-order valence-corrected chi connectivity index (χ0v) is 27.9. The molecule has 0 aliphatic carbocycles. The van der Waals surface area contributed by atoms with Crippen molar-refractivity contribution in [2.75, 3.05) is 0 Å². The van der Waals surface area contributed by atoms with Gasteiger partial charge in [0, 0.05) is 43.6 Å². The third-order valence-corrected chi connectivity index (χ3v) is 9.16. The fourth-order valence-corrected chi connectivity index (χ4v) is 6.50. The molecule has 0 unspecified atom stereocenters. The zero-order chi connectivity index (χ0) is 29.1. The SMILES string of the molecule is Cc1ccc2c(n1)oc1c(-c3cc(-c4ccccc4)c([Si](C)(C)C)cn3)[c-]ccc12.[Ir].[c-]1ccccc1-c1ccccn1. The predicted octanol–water partition coefficient (Wildman–Crippen LogP) is 8.91. The van der Waals surface area contributed by atoms with Gasteiger partial charge in [-0.05, 0) is 52.8 Å². The van der Waals surface area contributed by atoms with Crippen molar-refractivity contribution in [2.24, 2.45) is 0 Å². The summed E-state index contributed by atoms with van der Waals surface area (Å²) in [6.07, 6.45) is 3.85. The summed E-state index contributed by atoms with van der Waals surface area (Å²) in [6, 6.07) is 41.0. The second-order valence-corrected chi connectivity index (χ2v) is 16.3. The van der Waals surface area contributed by atoms with E-state index in [1.54, 1.807) is 6.20 Å². The van der Waals surface area contributed by atoms with Crippen LogP contribution in [0.2, 0.25) is 19.6 Å². The molecule has 0 atom stereocenters. The van der Waals surface area contributed by atoms with Gasteiger partial charge in [-0.15, -0.1) is 54.1 Å². The first-order chi connectivity index (χ1) is 20.4. The Morgan fingerprint density at radius 1 is 0.721 bits per heavy atom. The van der Waals surface area contributed by atoms with Crippen LogP contribution in [0.4, 0.5) is 0 Å². The van der Waals surface area contributed by atoms with E-state index in [0.29, 0.717) is 5.71 Å². The topological polar surface area (TPSA) is 51.8 Å². The summed E-state index contributed by atoms with van der Waals surface area (Å²) in [7, 11) is -1.58. The molecule has 0 fully saturated rings. The van der Waals surface area contributed by atoms with Crippen LogP contribution in [0.1, 0.15) is 5.69 Å². The summed E-state index contributed by atoms with van der Waals surface area (Å²) in [5, 5.41) is 3.42. The molecule has 0 aliphatic heterocycles. The number of nitrogens with zero attached hydrogens (tertiary/aromatic N) is 3. The van der Waals surface area contributed by atoms with Crippen LogP contribution in [0.5, 0.6) is 0 Å². The fourth-order valence-electron chi connectivity index (χ4n) is 5.03. The number of benzene rings is 3. The number of furan rings is 1. The molecular weight excluding hydrogens is 723 g/mol. The molecule has 7 aromatic rings. The Hall–Kier alpha value is -4.22. The van der Waals surface area contributed by atoms with E-state index in [1.165, 1.54) is 16.3 Å². The molecule has 4 heterocycles. The molecule has 0 amide bonds. The maximum absolute atomic E-state index is 6.19. The van der Waals surface area contributed by atoms with E-state index in [9.17, 15) is 0 Å². The van der Waals surface area contributed by atoms with Gasteiger partial charge in [0.05, 0.1) is 13.7 Å². The first-order valence-corrected chi connectivity index (χ1v) is 17.5. The third-order valence-electron chi connectivity index (χ3n) is 7.14. The van der Waals surface area contributed by atoms with Crippen molar-refractivity contribution in [3.8, 4) is 33.6 Å².